The van der Waals surface area contributed by atoms with Gasteiger partial charge in [0.1, 0.15) is 0 Å². The molecule has 0 aliphatic carbocycles. The third-order valence-corrected chi connectivity index (χ3v) is 5.70. The average Bonchev–Trinajstić information content (AvgIpc) is 2.90. The first kappa shape index (κ1) is 34.2. The first-order chi connectivity index (χ1) is 18.9. The summed E-state index contributed by atoms with van der Waals surface area (Å²) in [6.07, 6.45) is 5.61. The van der Waals surface area contributed by atoms with Gasteiger partial charge in [0.15, 0.2) is 17.5 Å². The molecule has 40 heavy (non-hydrogen) atoms. The molecule has 0 aliphatic rings. The number of rotatable bonds is 9. The van der Waals surface area contributed by atoms with E-state index < -0.39 is 11.6 Å². The summed E-state index contributed by atoms with van der Waals surface area (Å²) < 4.78 is 28.6. The lowest BCUT2D eigenvalue weighted by Gasteiger charge is -2.14. The standard InChI is InChI=1S/C27H32ClF2N5O.C3H7N/c1-7-13-32-26(35-19-9-10-21(22(28)14-19)27(36)34-17(4)8-2)18(5)33-15-16(3)20-11-12-23(31-6)25(30)24(20)29;1-3(2)4/h7,9-15,17,31H,8H2,1-6H3,(H,32,35)(H,34,36);4H,1-2H3/b13-7-,16-15+,33-18?;. The molecule has 10 heteroatoms. The van der Waals surface area contributed by atoms with E-state index in [1.54, 1.807) is 58.2 Å². The summed E-state index contributed by atoms with van der Waals surface area (Å²) in [5.74, 6) is -1.72. The van der Waals surface area contributed by atoms with Crippen molar-refractivity contribution in [2.24, 2.45) is 9.98 Å². The zero-order chi connectivity index (χ0) is 30.4. The molecule has 0 aliphatic heterocycles. The number of hydrogen-bond acceptors (Lipinski definition) is 5. The van der Waals surface area contributed by atoms with Crippen LogP contribution in [0.5, 0.6) is 0 Å². The number of benzene rings is 2. The molecule has 216 valence electrons. The SMILES string of the molecule is C/C=C\N=C(Nc1ccc(C(=O)NC(C)CC)c(Cl)c1)C(C)=N/C=C(\C)c1ccc(NC)c(F)c1F.CC(C)=N. The van der Waals surface area contributed by atoms with Crippen LogP contribution in [0.25, 0.3) is 5.57 Å². The van der Waals surface area contributed by atoms with E-state index in [4.69, 9.17) is 17.0 Å². The van der Waals surface area contributed by atoms with Gasteiger partial charge in [0.2, 0.25) is 0 Å². The summed E-state index contributed by atoms with van der Waals surface area (Å²) in [4.78, 5) is 21.2. The van der Waals surface area contributed by atoms with Crippen LogP contribution >= 0.6 is 11.6 Å². The number of carbonyl (C=O) groups excluding carboxylic acids is 1. The van der Waals surface area contributed by atoms with Gasteiger partial charge >= 0.3 is 0 Å². The van der Waals surface area contributed by atoms with Gasteiger partial charge < -0.3 is 21.4 Å². The molecule has 7 nitrogen and oxygen atoms in total. The van der Waals surface area contributed by atoms with Gasteiger partial charge in [-0.05, 0) is 83.9 Å². The number of allylic oxidation sites excluding steroid dienone is 2. The number of nitrogens with one attached hydrogen (secondary N) is 4. The largest absolute Gasteiger partial charge is 0.386 e. The Balaban J connectivity index is 0.00000187. The Morgan fingerprint density at radius 1 is 1.07 bits per heavy atom. The monoisotopic (exact) mass is 572 g/mol. The highest BCUT2D eigenvalue weighted by Gasteiger charge is 2.15. The van der Waals surface area contributed by atoms with E-state index in [0.29, 0.717) is 39.1 Å². The molecule has 0 fully saturated rings. The van der Waals surface area contributed by atoms with Crippen LogP contribution in [0, 0.1) is 17.0 Å². The second-order valence-corrected chi connectivity index (χ2v) is 9.53. The molecule has 2 rings (SSSR count). The van der Waals surface area contributed by atoms with E-state index in [2.05, 4.69) is 25.9 Å². The van der Waals surface area contributed by atoms with Gasteiger partial charge in [-0.15, -0.1) is 0 Å². The van der Waals surface area contributed by atoms with Crippen LogP contribution < -0.4 is 16.0 Å². The highest BCUT2D eigenvalue weighted by molar-refractivity contribution is 6.45. The van der Waals surface area contributed by atoms with Crippen molar-refractivity contribution in [3.63, 3.8) is 0 Å². The Labute approximate surface area is 241 Å². The fourth-order valence-corrected chi connectivity index (χ4v) is 3.32. The summed E-state index contributed by atoms with van der Waals surface area (Å²) >= 11 is 6.37. The normalized spacial score (nSPS) is 12.9. The second kappa shape index (κ2) is 17.0. The minimum atomic E-state index is -0.948. The number of aliphatic imine (C=N–C) groups is 2. The van der Waals surface area contributed by atoms with Gasteiger partial charge in [-0.2, -0.15) is 0 Å². The van der Waals surface area contributed by atoms with E-state index in [9.17, 15) is 13.6 Å². The van der Waals surface area contributed by atoms with Gasteiger partial charge in [-0.25, -0.2) is 13.8 Å². The summed E-state index contributed by atoms with van der Waals surface area (Å²) in [6.45, 7) is 12.6. The summed E-state index contributed by atoms with van der Waals surface area (Å²) in [7, 11) is 1.52. The van der Waals surface area contributed by atoms with Crippen molar-refractivity contribution in [2.75, 3.05) is 17.7 Å². The lowest BCUT2D eigenvalue weighted by atomic mass is 10.1. The summed E-state index contributed by atoms with van der Waals surface area (Å²) in [5.41, 5.74) is 2.77. The molecule has 0 aromatic heterocycles. The fourth-order valence-electron chi connectivity index (χ4n) is 3.05. The summed E-state index contributed by atoms with van der Waals surface area (Å²) in [6, 6.07) is 7.99. The zero-order valence-electron chi connectivity index (χ0n) is 24.3. The van der Waals surface area contributed by atoms with Crippen LogP contribution in [0.1, 0.15) is 70.8 Å². The lowest BCUT2D eigenvalue weighted by Crippen LogP contribution is -2.32. The first-order valence-corrected chi connectivity index (χ1v) is 13.2. The molecule has 0 spiro atoms. The molecule has 1 amide bonds. The molecular formula is C30H39ClF2N6O. The maximum absolute atomic E-state index is 14.5. The van der Waals surface area contributed by atoms with Crippen LogP contribution in [0.2, 0.25) is 5.02 Å². The zero-order valence-corrected chi connectivity index (χ0v) is 25.1. The van der Waals surface area contributed by atoms with Crippen LogP contribution in [0.4, 0.5) is 20.2 Å². The molecule has 0 heterocycles. The molecule has 2 aromatic rings. The molecule has 2 aromatic carbocycles. The van der Waals surface area contributed by atoms with Crippen molar-refractivity contribution < 1.29 is 13.6 Å². The predicted molar refractivity (Wildman–Crippen MR) is 166 cm³/mol. The third-order valence-electron chi connectivity index (χ3n) is 5.39. The first-order valence-electron chi connectivity index (χ1n) is 12.8. The molecule has 0 saturated carbocycles. The highest BCUT2D eigenvalue weighted by Crippen LogP contribution is 2.25. The van der Waals surface area contributed by atoms with Gasteiger partial charge in [0.05, 0.1) is 22.0 Å². The van der Waals surface area contributed by atoms with E-state index >= 15 is 0 Å². The highest BCUT2D eigenvalue weighted by atomic mass is 35.5. The van der Waals surface area contributed by atoms with Crippen LogP contribution in [0.3, 0.4) is 0 Å². The van der Waals surface area contributed by atoms with E-state index in [-0.39, 0.29) is 23.2 Å². The number of amides is 1. The van der Waals surface area contributed by atoms with Crippen LogP contribution in [0.15, 0.2) is 58.8 Å². The van der Waals surface area contributed by atoms with Crippen molar-refractivity contribution >= 4 is 51.7 Å². The van der Waals surface area contributed by atoms with Crippen molar-refractivity contribution in [1.29, 1.82) is 5.41 Å². The third kappa shape index (κ3) is 10.7. The van der Waals surface area contributed by atoms with Crippen molar-refractivity contribution in [3.8, 4) is 0 Å². The van der Waals surface area contributed by atoms with Crippen molar-refractivity contribution in [2.45, 2.75) is 60.9 Å². The van der Waals surface area contributed by atoms with E-state index in [0.717, 1.165) is 6.42 Å². The lowest BCUT2D eigenvalue weighted by molar-refractivity contribution is 0.0939. The van der Waals surface area contributed by atoms with Crippen LogP contribution in [-0.4, -0.2) is 36.3 Å². The van der Waals surface area contributed by atoms with Gasteiger partial charge in [0, 0.05) is 42.5 Å². The molecular weight excluding hydrogens is 534 g/mol. The number of halogens is 3. The Kier molecular flexibility index (Phi) is 14.5. The molecule has 1 atom stereocenters. The minimum absolute atomic E-state index is 0.0347. The van der Waals surface area contributed by atoms with Crippen molar-refractivity contribution in [1.82, 2.24) is 5.32 Å². The smallest absolute Gasteiger partial charge is 0.253 e. The molecule has 4 N–H and O–H groups in total. The number of anilines is 2. The Morgan fingerprint density at radius 3 is 2.25 bits per heavy atom. The quantitative estimate of drug-likeness (QED) is 0.180. The van der Waals surface area contributed by atoms with Gasteiger partial charge in [-0.3, -0.25) is 9.79 Å². The molecule has 0 bridgehead atoms. The Hall–Kier alpha value is -3.85. The maximum atomic E-state index is 14.5. The molecule has 0 radical (unpaired) electrons. The van der Waals surface area contributed by atoms with Gasteiger partial charge in [-0.1, -0.05) is 24.6 Å². The second-order valence-electron chi connectivity index (χ2n) is 9.13. The maximum Gasteiger partial charge on any atom is 0.253 e. The number of amidine groups is 1. The summed E-state index contributed by atoms with van der Waals surface area (Å²) in [5, 5.41) is 15.4. The number of carbonyl (C=O) groups is 1. The average molecular weight is 573 g/mol. The van der Waals surface area contributed by atoms with Gasteiger partial charge in [0.25, 0.3) is 5.91 Å². The fraction of sp³-hybridized carbons (Fsp3) is 0.333. The molecule has 1 unspecified atom stereocenters. The topological polar surface area (TPSA) is 102 Å². The number of nitrogens with zero attached hydrogens (tertiary/aromatic N) is 2. The van der Waals surface area contributed by atoms with E-state index in [1.807, 2.05) is 20.8 Å². The van der Waals surface area contributed by atoms with Crippen LogP contribution in [-0.2, 0) is 0 Å². The Morgan fingerprint density at radius 2 is 1.70 bits per heavy atom. The molecule has 0 saturated heterocycles. The van der Waals surface area contributed by atoms with Crippen molar-refractivity contribution in [3.05, 3.63) is 76.6 Å². The Bertz CT molecular complexity index is 1310. The minimum Gasteiger partial charge on any atom is -0.386 e. The predicted octanol–water partition coefficient (Wildman–Crippen LogP) is 8.10. The van der Waals surface area contributed by atoms with E-state index in [1.165, 1.54) is 25.4 Å². The number of hydrogen-bond donors (Lipinski definition) is 4.